The molecule has 0 aliphatic heterocycles. The maximum Gasteiger partial charge on any atom is 0.0593 e. The molecule has 0 amide bonds. The first-order valence-corrected chi connectivity index (χ1v) is 9.28. The third kappa shape index (κ3) is 4.23. The normalized spacial score (nSPS) is 16.8. The van der Waals surface area contributed by atoms with Crippen LogP contribution in [0, 0.1) is 0 Å². The second kappa shape index (κ2) is 7.90. The second-order valence-electron chi connectivity index (χ2n) is 4.65. The lowest BCUT2D eigenvalue weighted by Crippen LogP contribution is -2.43. The zero-order valence-electron chi connectivity index (χ0n) is 11.5. The number of thiophene rings is 1. The Bertz CT molecular complexity index is 357. The molecule has 0 bridgehead atoms. The summed E-state index contributed by atoms with van der Waals surface area (Å²) in [7, 11) is 2.19. The number of nitrogens with zero attached hydrogens (tertiary/aromatic N) is 1. The van der Waals surface area contributed by atoms with Crippen LogP contribution in [-0.2, 0) is 0 Å². The van der Waals surface area contributed by atoms with Crippen LogP contribution in [0.3, 0.4) is 0 Å². The molecule has 0 fully saturated rings. The van der Waals surface area contributed by atoms with Gasteiger partial charge in [0.05, 0.1) is 6.04 Å². The molecular weight excluding hydrogens is 328 g/mol. The van der Waals surface area contributed by atoms with E-state index in [0.717, 1.165) is 16.6 Å². The molecule has 104 valence electrons. The molecule has 18 heavy (non-hydrogen) atoms. The Morgan fingerprint density at radius 1 is 1.56 bits per heavy atom. The first-order valence-electron chi connectivity index (χ1n) is 6.21. The van der Waals surface area contributed by atoms with Crippen LogP contribution in [0.5, 0.6) is 0 Å². The minimum absolute atomic E-state index is 0.185. The lowest BCUT2D eigenvalue weighted by Gasteiger charge is -2.35. The van der Waals surface area contributed by atoms with E-state index in [1.54, 1.807) is 11.3 Å². The zero-order valence-corrected chi connectivity index (χ0v) is 14.7. The Balaban J connectivity index is 2.91. The van der Waals surface area contributed by atoms with Crippen LogP contribution in [0.1, 0.15) is 31.2 Å². The fourth-order valence-corrected chi connectivity index (χ4v) is 4.44. The van der Waals surface area contributed by atoms with Gasteiger partial charge in [0, 0.05) is 32.6 Å². The fourth-order valence-electron chi connectivity index (χ4n) is 2.05. The first kappa shape index (κ1) is 16.5. The minimum Gasteiger partial charge on any atom is -0.326 e. The Kier molecular flexibility index (Phi) is 7.24. The quantitative estimate of drug-likeness (QED) is 0.806. The number of likely N-dealkylation sites (N-methyl/N-ethyl adjacent to an activating group) is 1. The average molecular weight is 351 g/mol. The molecule has 2 N–H and O–H groups in total. The molecule has 3 atom stereocenters. The van der Waals surface area contributed by atoms with Gasteiger partial charge < -0.3 is 5.73 Å². The smallest absolute Gasteiger partial charge is 0.0593 e. The number of hydrogen-bond acceptors (Lipinski definition) is 4. The van der Waals surface area contributed by atoms with Crippen LogP contribution in [0.4, 0.5) is 0 Å². The number of thioether (sulfide) groups is 1. The summed E-state index contributed by atoms with van der Waals surface area (Å²) >= 11 is 7.21. The van der Waals surface area contributed by atoms with Crippen LogP contribution in [0.25, 0.3) is 0 Å². The van der Waals surface area contributed by atoms with Crippen molar-refractivity contribution in [1.29, 1.82) is 0 Å². The van der Waals surface area contributed by atoms with E-state index in [1.165, 1.54) is 4.88 Å². The third-order valence-corrected chi connectivity index (χ3v) is 5.88. The summed E-state index contributed by atoms with van der Waals surface area (Å²) in [5.74, 6) is 1.13. The summed E-state index contributed by atoms with van der Waals surface area (Å²) < 4.78 is 1.15. The van der Waals surface area contributed by atoms with Crippen molar-refractivity contribution in [2.45, 2.75) is 38.4 Å². The molecule has 1 aromatic heterocycles. The Hall–Kier alpha value is 0.450. The van der Waals surface area contributed by atoms with E-state index in [9.17, 15) is 0 Å². The Morgan fingerprint density at radius 3 is 2.67 bits per heavy atom. The molecule has 0 aromatic carbocycles. The molecule has 3 unspecified atom stereocenters. The first-order chi connectivity index (χ1) is 8.51. The number of hydrogen-bond donors (Lipinski definition) is 1. The number of rotatable bonds is 7. The molecule has 0 radical (unpaired) electrons. The Labute approximate surface area is 127 Å². The SMILES string of the molecule is CCC(N)C(c1cc(Br)cs1)N(C)C(C)CSC. The summed E-state index contributed by atoms with van der Waals surface area (Å²) in [6.07, 6.45) is 3.15. The standard InChI is InChI=1S/C13H23BrN2S2/c1-5-11(15)13(12-6-10(14)8-18-12)16(3)9(2)7-17-4/h6,8-9,11,13H,5,7,15H2,1-4H3. The molecule has 5 heteroatoms. The second-order valence-corrected chi connectivity index (χ2v) is 7.42. The van der Waals surface area contributed by atoms with Crippen molar-refractivity contribution in [3.8, 4) is 0 Å². The molecule has 0 saturated heterocycles. The van der Waals surface area contributed by atoms with Crippen molar-refractivity contribution in [3.05, 3.63) is 20.8 Å². The number of halogens is 1. The third-order valence-electron chi connectivity index (χ3n) is 3.30. The zero-order chi connectivity index (χ0) is 13.7. The highest BCUT2D eigenvalue weighted by Gasteiger charge is 2.27. The van der Waals surface area contributed by atoms with Crippen molar-refractivity contribution < 1.29 is 0 Å². The van der Waals surface area contributed by atoms with E-state index in [1.807, 2.05) is 11.8 Å². The summed E-state index contributed by atoms with van der Waals surface area (Å²) in [5.41, 5.74) is 6.34. The highest BCUT2D eigenvalue weighted by molar-refractivity contribution is 9.10. The van der Waals surface area contributed by atoms with E-state index in [4.69, 9.17) is 5.73 Å². The van der Waals surface area contributed by atoms with Gasteiger partial charge in [-0.25, -0.2) is 0 Å². The molecular formula is C13H23BrN2S2. The van der Waals surface area contributed by atoms with E-state index in [0.29, 0.717) is 12.1 Å². The van der Waals surface area contributed by atoms with Crippen LogP contribution in [0.15, 0.2) is 15.9 Å². The van der Waals surface area contributed by atoms with Gasteiger partial charge in [-0.1, -0.05) is 6.92 Å². The molecule has 0 aliphatic carbocycles. The highest BCUT2D eigenvalue weighted by atomic mass is 79.9. The van der Waals surface area contributed by atoms with E-state index in [-0.39, 0.29) is 6.04 Å². The van der Waals surface area contributed by atoms with Crippen LogP contribution >= 0.6 is 39.0 Å². The van der Waals surface area contributed by atoms with Crippen LogP contribution in [-0.4, -0.2) is 36.0 Å². The van der Waals surface area contributed by atoms with Gasteiger partial charge in [0.2, 0.25) is 0 Å². The van der Waals surface area contributed by atoms with Gasteiger partial charge in [-0.3, -0.25) is 4.90 Å². The van der Waals surface area contributed by atoms with Gasteiger partial charge >= 0.3 is 0 Å². The monoisotopic (exact) mass is 350 g/mol. The van der Waals surface area contributed by atoms with E-state index >= 15 is 0 Å². The van der Waals surface area contributed by atoms with Gasteiger partial charge in [-0.2, -0.15) is 11.8 Å². The minimum atomic E-state index is 0.185. The topological polar surface area (TPSA) is 29.3 Å². The van der Waals surface area contributed by atoms with Crippen LogP contribution in [0.2, 0.25) is 0 Å². The molecule has 1 rings (SSSR count). The summed E-state index contributed by atoms with van der Waals surface area (Å²) in [5, 5.41) is 2.14. The van der Waals surface area contributed by atoms with Gasteiger partial charge in [-0.15, -0.1) is 11.3 Å². The molecule has 2 nitrogen and oxygen atoms in total. The van der Waals surface area contributed by atoms with Crippen molar-refractivity contribution in [1.82, 2.24) is 4.90 Å². The summed E-state index contributed by atoms with van der Waals surface area (Å²) in [6.45, 7) is 4.43. The molecule has 1 aromatic rings. The number of nitrogens with two attached hydrogens (primary N) is 1. The van der Waals surface area contributed by atoms with Gasteiger partial charge in [0.1, 0.15) is 0 Å². The average Bonchev–Trinajstić information content (AvgIpc) is 2.75. The maximum atomic E-state index is 6.34. The predicted octanol–water partition coefficient (Wildman–Crippen LogP) is 3.97. The molecule has 0 aliphatic rings. The lowest BCUT2D eigenvalue weighted by atomic mass is 10.0. The summed E-state index contributed by atoms with van der Waals surface area (Å²) in [6, 6.07) is 3.23. The fraction of sp³-hybridized carbons (Fsp3) is 0.692. The van der Waals surface area contributed by atoms with E-state index in [2.05, 4.69) is 59.4 Å². The molecule has 0 saturated carbocycles. The Morgan fingerprint density at radius 2 is 2.22 bits per heavy atom. The molecule has 0 spiro atoms. The van der Waals surface area contributed by atoms with Gasteiger partial charge in [0.15, 0.2) is 0 Å². The largest absolute Gasteiger partial charge is 0.326 e. The maximum absolute atomic E-state index is 6.34. The van der Waals surface area contributed by atoms with Crippen molar-refractivity contribution in [2.24, 2.45) is 5.73 Å². The van der Waals surface area contributed by atoms with Gasteiger partial charge in [0.25, 0.3) is 0 Å². The lowest BCUT2D eigenvalue weighted by molar-refractivity contribution is 0.174. The van der Waals surface area contributed by atoms with Gasteiger partial charge in [-0.05, 0) is 48.6 Å². The molecule has 1 heterocycles. The van der Waals surface area contributed by atoms with Crippen molar-refractivity contribution in [2.75, 3.05) is 19.1 Å². The summed E-state index contributed by atoms with van der Waals surface area (Å²) in [4.78, 5) is 3.77. The van der Waals surface area contributed by atoms with Crippen LogP contribution < -0.4 is 5.73 Å². The van der Waals surface area contributed by atoms with E-state index < -0.39 is 0 Å². The van der Waals surface area contributed by atoms with Crippen molar-refractivity contribution >= 4 is 39.0 Å². The highest BCUT2D eigenvalue weighted by Crippen LogP contribution is 2.32. The van der Waals surface area contributed by atoms with Crippen molar-refractivity contribution in [3.63, 3.8) is 0 Å². The predicted molar refractivity (Wildman–Crippen MR) is 88.6 cm³/mol.